The summed E-state index contributed by atoms with van der Waals surface area (Å²) >= 11 is 4.93. The van der Waals surface area contributed by atoms with Crippen LogP contribution in [0.4, 0.5) is 0 Å². The molecule has 21 heavy (non-hydrogen) atoms. The van der Waals surface area contributed by atoms with Gasteiger partial charge in [-0.15, -0.1) is 0 Å². The largest absolute Gasteiger partial charge is 0.389 e. The minimum absolute atomic E-state index is 0.380. The number of likely N-dealkylation sites (N-methyl/N-ethyl adjacent to an activating group) is 1. The molecular formula is C16H24N2O2S. The molecule has 4 nitrogen and oxygen atoms in total. The predicted octanol–water partition coefficient (Wildman–Crippen LogP) is 1.71. The molecule has 2 unspecified atom stereocenters. The van der Waals surface area contributed by atoms with Gasteiger partial charge in [-0.2, -0.15) is 0 Å². The number of hydrogen-bond acceptors (Lipinski definition) is 4. The highest BCUT2D eigenvalue weighted by Gasteiger charge is 2.18. The van der Waals surface area contributed by atoms with Crippen molar-refractivity contribution in [1.29, 1.82) is 0 Å². The van der Waals surface area contributed by atoms with Crippen molar-refractivity contribution >= 4 is 17.2 Å². The van der Waals surface area contributed by atoms with Gasteiger partial charge in [-0.3, -0.25) is 0 Å². The number of aliphatic hydroxyl groups is 1. The van der Waals surface area contributed by atoms with E-state index in [9.17, 15) is 5.11 Å². The molecule has 3 N–H and O–H groups in total. The molecule has 0 bridgehead atoms. The zero-order chi connectivity index (χ0) is 15.2. The van der Waals surface area contributed by atoms with E-state index >= 15 is 0 Å². The molecule has 0 radical (unpaired) electrons. The van der Waals surface area contributed by atoms with E-state index in [1.165, 1.54) is 6.42 Å². The summed E-state index contributed by atoms with van der Waals surface area (Å²) in [6.45, 7) is 3.30. The third-order valence-electron chi connectivity index (χ3n) is 3.89. The van der Waals surface area contributed by atoms with Crippen LogP contribution in [0.1, 0.15) is 30.1 Å². The maximum absolute atomic E-state index is 10.3. The highest BCUT2D eigenvalue weighted by atomic mass is 32.1. The lowest BCUT2D eigenvalue weighted by atomic mass is 10.0. The van der Waals surface area contributed by atoms with Crippen LogP contribution in [0.15, 0.2) is 24.3 Å². The van der Waals surface area contributed by atoms with Crippen LogP contribution >= 0.6 is 12.2 Å². The van der Waals surface area contributed by atoms with E-state index in [4.69, 9.17) is 22.7 Å². The Balaban J connectivity index is 1.84. The van der Waals surface area contributed by atoms with Gasteiger partial charge in [0.2, 0.25) is 0 Å². The molecule has 1 heterocycles. The molecule has 0 aliphatic carbocycles. The van der Waals surface area contributed by atoms with Gasteiger partial charge in [-0.1, -0.05) is 36.5 Å². The lowest BCUT2D eigenvalue weighted by molar-refractivity contribution is 0.0342. The van der Waals surface area contributed by atoms with Crippen molar-refractivity contribution in [2.45, 2.75) is 18.9 Å². The Kier molecular flexibility index (Phi) is 6.11. The SMILES string of the molecule is CN(CC1CCCOC1)CC(O)c1ccc(C(N)=S)cc1. The zero-order valence-corrected chi connectivity index (χ0v) is 13.3. The summed E-state index contributed by atoms with van der Waals surface area (Å²) in [5.74, 6) is 0.577. The van der Waals surface area contributed by atoms with Crippen LogP contribution in [0.3, 0.4) is 0 Å². The van der Waals surface area contributed by atoms with Gasteiger partial charge in [0.05, 0.1) is 12.7 Å². The minimum atomic E-state index is -0.500. The first-order chi connectivity index (χ1) is 10.1. The van der Waals surface area contributed by atoms with E-state index in [1.54, 1.807) is 0 Å². The monoisotopic (exact) mass is 308 g/mol. The molecular weight excluding hydrogens is 284 g/mol. The maximum atomic E-state index is 10.3. The number of hydrogen-bond donors (Lipinski definition) is 2. The van der Waals surface area contributed by atoms with Crippen LogP contribution in [0, 0.1) is 5.92 Å². The molecule has 1 aliphatic rings. The number of nitrogens with two attached hydrogens (primary N) is 1. The Morgan fingerprint density at radius 1 is 1.48 bits per heavy atom. The Labute approximate surface area is 131 Å². The predicted molar refractivity (Wildman–Crippen MR) is 88.3 cm³/mol. The topological polar surface area (TPSA) is 58.7 Å². The molecule has 2 atom stereocenters. The number of thiocarbonyl (C=S) groups is 1. The van der Waals surface area contributed by atoms with Gasteiger partial charge in [0.1, 0.15) is 4.99 Å². The van der Waals surface area contributed by atoms with Crippen LogP contribution in [-0.2, 0) is 4.74 Å². The average Bonchev–Trinajstić information content (AvgIpc) is 2.48. The van der Waals surface area contributed by atoms with E-state index in [0.29, 0.717) is 17.5 Å². The second kappa shape index (κ2) is 7.84. The van der Waals surface area contributed by atoms with E-state index in [2.05, 4.69) is 4.90 Å². The van der Waals surface area contributed by atoms with Crippen LogP contribution in [0.25, 0.3) is 0 Å². The van der Waals surface area contributed by atoms with Gasteiger partial charge in [0.15, 0.2) is 0 Å². The van der Waals surface area contributed by atoms with Crippen molar-refractivity contribution in [3.8, 4) is 0 Å². The smallest absolute Gasteiger partial charge is 0.103 e. The van der Waals surface area contributed by atoms with Gasteiger partial charge >= 0.3 is 0 Å². The fraction of sp³-hybridized carbons (Fsp3) is 0.562. The summed E-state index contributed by atoms with van der Waals surface area (Å²) in [5.41, 5.74) is 7.29. The highest BCUT2D eigenvalue weighted by molar-refractivity contribution is 7.80. The summed E-state index contributed by atoms with van der Waals surface area (Å²) in [6.07, 6.45) is 1.85. The third kappa shape index (κ3) is 5.04. The summed E-state index contributed by atoms with van der Waals surface area (Å²) < 4.78 is 5.49. The molecule has 5 heteroatoms. The zero-order valence-electron chi connectivity index (χ0n) is 12.5. The number of rotatable bonds is 6. The van der Waals surface area contributed by atoms with Crippen molar-refractivity contribution in [3.63, 3.8) is 0 Å². The Bertz CT molecular complexity index is 458. The van der Waals surface area contributed by atoms with Gasteiger partial charge < -0.3 is 20.5 Å². The van der Waals surface area contributed by atoms with E-state index in [-0.39, 0.29) is 0 Å². The van der Waals surface area contributed by atoms with Gasteiger partial charge in [0.25, 0.3) is 0 Å². The number of nitrogens with zero attached hydrogens (tertiary/aromatic N) is 1. The lowest BCUT2D eigenvalue weighted by Crippen LogP contribution is -2.33. The second-order valence-electron chi connectivity index (χ2n) is 5.81. The average molecular weight is 308 g/mol. The standard InChI is InChI=1S/C16H24N2O2S/c1-18(9-12-3-2-8-20-11-12)10-15(19)13-4-6-14(7-5-13)16(17)21/h4-7,12,15,19H,2-3,8-11H2,1H3,(H2,17,21). The first-order valence-electron chi connectivity index (χ1n) is 7.40. The fourth-order valence-corrected chi connectivity index (χ4v) is 2.87. The van der Waals surface area contributed by atoms with Crippen molar-refractivity contribution < 1.29 is 9.84 Å². The first kappa shape index (κ1) is 16.4. The second-order valence-corrected chi connectivity index (χ2v) is 6.25. The molecule has 1 saturated heterocycles. The molecule has 116 valence electrons. The number of ether oxygens (including phenoxy) is 1. The van der Waals surface area contributed by atoms with Crippen molar-refractivity contribution in [1.82, 2.24) is 4.90 Å². The maximum Gasteiger partial charge on any atom is 0.103 e. The van der Waals surface area contributed by atoms with Crippen molar-refractivity contribution in [2.24, 2.45) is 11.7 Å². The summed E-state index contributed by atoms with van der Waals surface area (Å²) in [4.78, 5) is 2.55. The van der Waals surface area contributed by atoms with E-state index < -0.39 is 6.10 Å². The van der Waals surface area contributed by atoms with Crippen LogP contribution in [0.2, 0.25) is 0 Å². The first-order valence-corrected chi connectivity index (χ1v) is 7.81. The molecule has 0 saturated carbocycles. The van der Waals surface area contributed by atoms with Crippen molar-refractivity contribution in [2.75, 3.05) is 33.4 Å². The molecule has 1 aromatic rings. The molecule has 0 aromatic heterocycles. The van der Waals surface area contributed by atoms with Gasteiger partial charge in [-0.25, -0.2) is 0 Å². The molecule has 1 aliphatic heterocycles. The molecule has 0 amide bonds. The molecule has 0 spiro atoms. The Morgan fingerprint density at radius 2 is 2.19 bits per heavy atom. The van der Waals surface area contributed by atoms with Gasteiger partial charge in [0, 0.05) is 25.3 Å². The number of benzene rings is 1. The molecule has 1 fully saturated rings. The van der Waals surface area contributed by atoms with E-state index in [0.717, 1.165) is 37.3 Å². The Morgan fingerprint density at radius 3 is 2.76 bits per heavy atom. The van der Waals surface area contributed by atoms with E-state index in [1.807, 2.05) is 31.3 Å². The minimum Gasteiger partial charge on any atom is -0.389 e. The van der Waals surface area contributed by atoms with Gasteiger partial charge in [-0.05, 0) is 31.4 Å². The normalized spacial score (nSPS) is 20.4. The summed E-state index contributed by atoms with van der Waals surface area (Å²) in [6, 6.07) is 7.49. The quantitative estimate of drug-likeness (QED) is 0.784. The fourth-order valence-electron chi connectivity index (χ4n) is 2.74. The number of aliphatic hydroxyl groups excluding tert-OH is 1. The van der Waals surface area contributed by atoms with Crippen LogP contribution in [-0.4, -0.2) is 48.3 Å². The lowest BCUT2D eigenvalue weighted by Gasteiger charge is -2.28. The van der Waals surface area contributed by atoms with Crippen molar-refractivity contribution in [3.05, 3.63) is 35.4 Å². The highest BCUT2D eigenvalue weighted by Crippen LogP contribution is 2.18. The van der Waals surface area contributed by atoms with Crippen LogP contribution < -0.4 is 5.73 Å². The summed E-state index contributed by atoms with van der Waals surface area (Å²) in [7, 11) is 2.04. The summed E-state index contributed by atoms with van der Waals surface area (Å²) in [5, 5.41) is 10.3. The molecule has 1 aromatic carbocycles. The molecule has 2 rings (SSSR count). The third-order valence-corrected chi connectivity index (χ3v) is 4.12. The Hall–Kier alpha value is -1.01. The van der Waals surface area contributed by atoms with Crippen LogP contribution in [0.5, 0.6) is 0 Å².